The highest BCUT2D eigenvalue weighted by molar-refractivity contribution is 5.39. The maximum Gasteiger partial charge on any atom is 0.196 e. The van der Waals surface area contributed by atoms with Crippen LogP contribution in [0.1, 0.15) is 60.3 Å². The lowest BCUT2D eigenvalue weighted by Gasteiger charge is -2.28. The second kappa shape index (κ2) is 12.0. The molecule has 0 amide bonds. The van der Waals surface area contributed by atoms with E-state index in [1.165, 1.54) is 20.5 Å². The summed E-state index contributed by atoms with van der Waals surface area (Å²) >= 11 is 0. The fourth-order valence-electron chi connectivity index (χ4n) is 2.71. The Morgan fingerprint density at radius 3 is 2.30 bits per heavy atom. The molecule has 1 aliphatic heterocycles. The van der Waals surface area contributed by atoms with Crippen molar-refractivity contribution in [2.45, 2.75) is 66.4 Å². The third-order valence-electron chi connectivity index (χ3n) is 5.09. The van der Waals surface area contributed by atoms with E-state index in [9.17, 15) is 8.78 Å². The van der Waals surface area contributed by atoms with Crippen LogP contribution in [0.4, 0.5) is 8.78 Å². The fourth-order valence-corrected chi connectivity index (χ4v) is 2.71. The summed E-state index contributed by atoms with van der Waals surface area (Å²) in [4.78, 5) is 0. The van der Waals surface area contributed by atoms with Gasteiger partial charge in [0.25, 0.3) is 0 Å². The number of hydrogen-bond acceptors (Lipinski definition) is 3. The lowest BCUT2D eigenvalue weighted by Crippen LogP contribution is -2.29. The van der Waals surface area contributed by atoms with Gasteiger partial charge in [0, 0.05) is 13.0 Å². The Bertz CT molecular complexity index is 595. The van der Waals surface area contributed by atoms with E-state index < -0.39 is 11.7 Å². The number of halogens is 2. The summed E-state index contributed by atoms with van der Waals surface area (Å²) in [5.41, 5.74) is 0.859. The van der Waals surface area contributed by atoms with Crippen molar-refractivity contribution in [3.05, 3.63) is 46.5 Å². The molecule has 3 nitrogen and oxygen atoms in total. The molecule has 0 N–H and O–H groups in total. The van der Waals surface area contributed by atoms with Crippen LogP contribution in [-0.2, 0) is 14.2 Å². The average molecular weight is 385 g/mol. The molecule has 1 fully saturated rings. The van der Waals surface area contributed by atoms with Crippen LogP contribution in [0.5, 0.6) is 0 Å². The largest absolute Gasteiger partial charge is 0.498 e. The van der Waals surface area contributed by atoms with Gasteiger partial charge in [0.05, 0.1) is 19.0 Å². The highest BCUT2D eigenvalue weighted by Gasteiger charge is 2.21. The van der Waals surface area contributed by atoms with Gasteiger partial charge >= 0.3 is 0 Å². The molecule has 0 aromatic heterocycles. The quantitative estimate of drug-likeness (QED) is 0.334. The minimum Gasteiger partial charge on any atom is -0.498 e. The number of rotatable bonds is 9. The van der Waals surface area contributed by atoms with Crippen LogP contribution in [-0.4, -0.2) is 26.4 Å². The molecule has 0 radical (unpaired) electrons. The van der Waals surface area contributed by atoms with Crippen molar-refractivity contribution in [3.63, 3.8) is 0 Å². The minimum atomic E-state index is -0.974. The molecule has 0 bridgehead atoms. The van der Waals surface area contributed by atoms with Gasteiger partial charge in [0.2, 0.25) is 0 Å². The van der Waals surface area contributed by atoms with Crippen molar-refractivity contribution in [2.24, 2.45) is 5.92 Å². The fraction of sp³-hybridized carbons (Fsp3) is 0.636. The molecule has 1 heterocycles. The van der Waals surface area contributed by atoms with Crippen molar-refractivity contribution in [1.82, 2.24) is 0 Å². The van der Waals surface area contributed by atoms with Crippen molar-refractivity contribution in [1.29, 1.82) is 0 Å². The summed E-state index contributed by atoms with van der Waals surface area (Å²) in [6, 6.07) is 0. The van der Waals surface area contributed by atoms with Gasteiger partial charge in [-0.3, -0.25) is 0 Å². The van der Waals surface area contributed by atoms with Gasteiger partial charge in [0.1, 0.15) is 12.4 Å². The van der Waals surface area contributed by atoms with E-state index in [1.54, 1.807) is 19.9 Å². The zero-order valence-electron chi connectivity index (χ0n) is 17.5. The highest BCUT2D eigenvalue weighted by Crippen LogP contribution is 2.26. The SMILES string of the molecule is CC\C(=C/C=C(C)/C(C)=C(F)/C(F)=C(\C)OC)OCC1CCC(CC)CO1. The predicted octanol–water partition coefficient (Wildman–Crippen LogP) is 6.54. The third kappa shape index (κ3) is 7.49. The summed E-state index contributed by atoms with van der Waals surface area (Å²) in [6.07, 6.45) is 7.76. The molecule has 0 spiro atoms. The molecule has 1 saturated heterocycles. The minimum absolute atomic E-state index is 0.0782. The number of ether oxygens (including phenoxy) is 3. The van der Waals surface area contributed by atoms with Crippen molar-refractivity contribution in [2.75, 3.05) is 20.3 Å². The lowest BCUT2D eigenvalue weighted by molar-refractivity contribution is -0.0503. The van der Waals surface area contributed by atoms with E-state index in [-0.39, 0.29) is 17.4 Å². The molecule has 27 heavy (non-hydrogen) atoms. The Kier molecular flexibility index (Phi) is 10.4. The molecular weight excluding hydrogens is 350 g/mol. The molecule has 0 aliphatic carbocycles. The number of methoxy groups -OCH3 is 1. The van der Waals surface area contributed by atoms with E-state index in [4.69, 9.17) is 14.2 Å². The van der Waals surface area contributed by atoms with E-state index in [0.717, 1.165) is 31.6 Å². The van der Waals surface area contributed by atoms with E-state index in [0.29, 0.717) is 18.1 Å². The lowest BCUT2D eigenvalue weighted by atomic mass is 9.96. The average Bonchev–Trinajstić information content (AvgIpc) is 2.71. The maximum absolute atomic E-state index is 14.2. The molecule has 154 valence electrons. The van der Waals surface area contributed by atoms with Crippen LogP contribution in [0.2, 0.25) is 0 Å². The van der Waals surface area contributed by atoms with Gasteiger partial charge in [-0.05, 0) is 56.8 Å². The first-order valence-corrected chi connectivity index (χ1v) is 9.73. The summed E-state index contributed by atoms with van der Waals surface area (Å²) in [7, 11) is 1.31. The van der Waals surface area contributed by atoms with Crippen LogP contribution in [0, 0.1) is 5.92 Å². The summed E-state index contributed by atoms with van der Waals surface area (Å²) in [6.45, 7) is 10.2. The number of hydrogen-bond donors (Lipinski definition) is 0. The van der Waals surface area contributed by atoms with Gasteiger partial charge < -0.3 is 14.2 Å². The van der Waals surface area contributed by atoms with Crippen LogP contribution in [0.25, 0.3) is 0 Å². The molecule has 1 aliphatic rings. The van der Waals surface area contributed by atoms with Crippen molar-refractivity contribution < 1.29 is 23.0 Å². The molecule has 2 unspecified atom stereocenters. The van der Waals surface area contributed by atoms with Crippen LogP contribution in [0.15, 0.2) is 46.5 Å². The van der Waals surface area contributed by atoms with Gasteiger partial charge in [-0.15, -0.1) is 0 Å². The molecule has 5 heteroatoms. The second-order valence-corrected chi connectivity index (χ2v) is 6.97. The van der Waals surface area contributed by atoms with Gasteiger partial charge in [-0.2, -0.15) is 0 Å². The molecular formula is C22H34F2O3. The predicted molar refractivity (Wildman–Crippen MR) is 105 cm³/mol. The number of allylic oxidation sites excluding steroid dienone is 8. The van der Waals surface area contributed by atoms with Gasteiger partial charge in [-0.1, -0.05) is 26.3 Å². The first-order chi connectivity index (χ1) is 12.8. The molecule has 0 aromatic rings. The Balaban J connectivity index is 2.72. The normalized spacial score (nSPS) is 23.6. The zero-order chi connectivity index (χ0) is 20.4. The van der Waals surface area contributed by atoms with Crippen LogP contribution >= 0.6 is 0 Å². The van der Waals surface area contributed by atoms with Crippen molar-refractivity contribution >= 4 is 0 Å². The Hall–Kier alpha value is -1.62. The Morgan fingerprint density at radius 1 is 1.07 bits per heavy atom. The third-order valence-corrected chi connectivity index (χ3v) is 5.09. The molecule has 0 saturated carbocycles. The molecule has 1 rings (SSSR count). The first-order valence-electron chi connectivity index (χ1n) is 9.73. The zero-order valence-corrected chi connectivity index (χ0v) is 17.5. The molecule has 2 atom stereocenters. The van der Waals surface area contributed by atoms with Gasteiger partial charge in [0.15, 0.2) is 11.7 Å². The Morgan fingerprint density at radius 2 is 1.78 bits per heavy atom. The monoisotopic (exact) mass is 384 g/mol. The van der Waals surface area contributed by atoms with E-state index in [1.807, 2.05) is 13.0 Å². The summed E-state index contributed by atoms with van der Waals surface area (Å²) < 4.78 is 44.5. The van der Waals surface area contributed by atoms with Crippen LogP contribution < -0.4 is 0 Å². The summed E-state index contributed by atoms with van der Waals surface area (Å²) in [5.74, 6) is -0.498. The Labute approximate surface area is 162 Å². The van der Waals surface area contributed by atoms with Crippen LogP contribution in [0.3, 0.4) is 0 Å². The maximum atomic E-state index is 14.2. The highest BCUT2D eigenvalue weighted by atomic mass is 19.2. The van der Waals surface area contributed by atoms with E-state index in [2.05, 4.69) is 6.92 Å². The second-order valence-electron chi connectivity index (χ2n) is 6.97. The standard InChI is InChI=1S/C22H34F2O3/c1-7-18-10-12-20(26-13-18)14-27-19(8-2)11-9-15(3)16(4)21(23)22(24)17(5)25-6/h9,11,18,20H,7-8,10,12-14H2,1-6H3/b15-9+,19-11+,21-16-,22-17-. The topological polar surface area (TPSA) is 27.7 Å². The van der Waals surface area contributed by atoms with E-state index >= 15 is 0 Å². The smallest absolute Gasteiger partial charge is 0.196 e. The first kappa shape index (κ1) is 23.4. The molecule has 0 aromatic carbocycles. The summed E-state index contributed by atoms with van der Waals surface area (Å²) in [5, 5.41) is 0. The van der Waals surface area contributed by atoms with Gasteiger partial charge in [-0.25, -0.2) is 8.78 Å². The van der Waals surface area contributed by atoms with Crippen molar-refractivity contribution in [3.8, 4) is 0 Å².